The Bertz CT molecular complexity index is 366. The molecule has 2 rings (SSSR count). The quantitative estimate of drug-likeness (QED) is 0.719. The number of benzene rings is 1. The third kappa shape index (κ3) is 1.52. The number of nitrogens with one attached hydrogen (secondary N) is 1. The van der Waals surface area contributed by atoms with Gasteiger partial charge < -0.3 is 5.32 Å². The van der Waals surface area contributed by atoms with Crippen molar-refractivity contribution < 1.29 is 0 Å². The Morgan fingerprint density at radius 2 is 2.00 bits per heavy atom. The van der Waals surface area contributed by atoms with E-state index in [1.807, 2.05) is 18.2 Å². The zero-order valence-electron chi connectivity index (χ0n) is 8.91. The van der Waals surface area contributed by atoms with E-state index in [1.165, 1.54) is 5.71 Å². The van der Waals surface area contributed by atoms with Gasteiger partial charge in [-0.2, -0.15) is 0 Å². The number of hydrogen-bond donors (Lipinski definition) is 1. The molecule has 0 radical (unpaired) electrons. The van der Waals surface area contributed by atoms with Crippen molar-refractivity contribution in [1.82, 2.24) is 0 Å². The van der Waals surface area contributed by atoms with E-state index in [9.17, 15) is 0 Å². The van der Waals surface area contributed by atoms with Crippen molar-refractivity contribution in [3.63, 3.8) is 0 Å². The molecular weight excluding hydrogens is 172 g/mol. The van der Waals surface area contributed by atoms with Crippen LogP contribution in [0.4, 0.5) is 11.4 Å². The molecule has 0 saturated carbocycles. The SMILES string of the molecule is CC1=Nc2ccccc2NC1C(C)C. The van der Waals surface area contributed by atoms with Gasteiger partial charge in [-0.05, 0) is 25.0 Å². The minimum absolute atomic E-state index is 0.380. The first-order chi connectivity index (χ1) is 6.68. The summed E-state index contributed by atoms with van der Waals surface area (Å²) >= 11 is 0. The summed E-state index contributed by atoms with van der Waals surface area (Å²) in [5.41, 5.74) is 3.39. The summed E-state index contributed by atoms with van der Waals surface area (Å²) in [6.45, 7) is 6.52. The number of aliphatic imine (C=N–C) groups is 1. The van der Waals surface area contributed by atoms with Gasteiger partial charge in [0.15, 0.2) is 0 Å². The summed E-state index contributed by atoms with van der Waals surface area (Å²) < 4.78 is 0. The molecule has 1 unspecified atom stereocenters. The van der Waals surface area contributed by atoms with E-state index >= 15 is 0 Å². The lowest BCUT2D eigenvalue weighted by Crippen LogP contribution is -2.34. The van der Waals surface area contributed by atoms with Gasteiger partial charge in [0.25, 0.3) is 0 Å². The summed E-state index contributed by atoms with van der Waals surface area (Å²) in [6.07, 6.45) is 0. The van der Waals surface area contributed by atoms with Crippen molar-refractivity contribution in [2.45, 2.75) is 26.8 Å². The van der Waals surface area contributed by atoms with Gasteiger partial charge in [0.1, 0.15) is 0 Å². The van der Waals surface area contributed by atoms with Crippen molar-refractivity contribution in [3.8, 4) is 0 Å². The second kappa shape index (κ2) is 3.45. The largest absolute Gasteiger partial charge is 0.375 e. The molecule has 1 aromatic rings. The molecular formula is C12H16N2. The number of rotatable bonds is 1. The van der Waals surface area contributed by atoms with Crippen LogP contribution in [0.15, 0.2) is 29.3 Å². The maximum atomic E-state index is 4.60. The molecule has 0 saturated heterocycles. The number of anilines is 1. The zero-order valence-corrected chi connectivity index (χ0v) is 8.91. The van der Waals surface area contributed by atoms with Gasteiger partial charge in [-0.25, -0.2) is 0 Å². The summed E-state index contributed by atoms with van der Waals surface area (Å²) in [5.74, 6) is 0.576. The summed E-state index contributed by atoms with van der Waals surface area (Å²) in [4.78, 5) is 4.60. The van der Waals surface area contributed by atoms with Crippen LogP contribution in [0.5, 0.6) is 0 Å². The number of nitrogens with zero attached hydrogens (tertiary/aromatic N) is 1. The smallest absolute Gasteiger partial charge is 0.0861 e. The molecule has 0 amide bonds. The Balaban J connectivity index is 2.38. The molecule has 2 nitrogen and oxygen atoms in total. The molecule has 14 heavy (non-hydrogen) atoms. The lowest BCUT2D eigenvalue weighted by atomic mass is 9.98. The van der Waals surface area contributed by atoms with Crippen molar-refractivity contribution in [2.24, 2.45) is 10.9 Å². The van der Waals surface area contributed by atoms with Crippen LogP contribution in [0.2, 0.25) is 0 Å². The normalized spacial score (nSPS) is 20.0. The van der Waals surface area contributed by atoms with Gasteiger partial charge in [-0.15, -0.1) is 0 Å². The van der Waals surface area contributed by atoms with Crippen LogP contribution in [-0.2, 0) is 0 Å². The second-order valence-corrected chi connectivity index (χ2v) is 4.14. The predicted molar refractivity (Wildman–Crippen MR) is 61.5 cm³/mol. The third-order valence-electron chi connectivity index (χ3n) is 2.63. The fourth-order valence-corrected chi connectivity index (χ4v) is 1.87. The van der Waals surface area contributed by atoms with E-state index in [1.54, 1.807) is 0 Å². The third-order valence-corrected chi connectivity index (χ3v) is 2.63. The molecule has 0 fully saturated rings. The van der Waals surface area contributed by atoms with E-state index in [2.05, 4.69) is 37.1 Å². The molecule has 1 atom stereocenters. The molecule has 1 aromatic carbocycles. The van der Waals surface area contributed by atoms with E-state index < -0.39 is 0 Å². The van der Waals surface area contributed by atoms with Crippen LogP contribution >= 0.6 is 0 Å². The highest BCUT2D eigenvalue weighted by atomic mass is 15.0. The molecule has 0 bridgehead atoms. The summed E-state index contributed by atoms with van der Waals surface area (Å²) in [6, 6.07) is 8.57. The first-order valence-electron chi connectivity index (χ1n) is 5.09. The first kappa shape index (κ1) is 9.25. The van der Waals surface area contributed by atoms with E-state index in [0.717, 1.165) is 11.4 Å². The van der Waals surface area contributed by atoms with Gasteiger partial charge in [-0.1, -0.05) is 26.0 Å². The van der Waals surface area contributed by atoms with E-state index in [0.29, 0.717) is 12.0 Å². The molecule has 1 heterocycles. The molecule has 1 N–H and O–H groups in total. The number of fused-ring (bicyclic) bond motifs is 1. The molecule has 0 spiro atoms. The summed E-state index contributed by atoms with van der Waals surface area (Å²) in [5, 5.41) is 3.52. The molecule has 1 aliphatic rings. The standard InChI is InChI=1S/C12H16N2/c1-8(2)12-9(3)13-10-6-4-5-7-11(10)14-12/h4-8,12,14H,1-3H3. The summed E-state index contributed by atoms with van der Waals surface area (Å²) in [7, 11) is 0. The highest BCUT2D eigenvalue weighted by Gasteiger charge is 2.21. The van der Waals surface area contributed by atoms with Crippen molar-refractivity contribution in [2.75, 3.05) is 5.32 Å². The molecule has 0 aromatic heterocycles. The van der Waals surface area contributed by atoms with Gasteiger partial charge in [-0.3, -0.25) is 4.99 Å². The van der Waals surface area contributed by atoms with E-state index in [-0.39, 0.29) is 0 Å². The van der Waals surface area contributed by atoms with Crippen LogP contribution < -0.4 is 5.32 Å². The fraction of sp³-hybridized carbons (Fsp3) is 0.417. The highest BCUT2D eigenvalue weighted by molar-refractivity contribution is 5.96. The first-order valence-corrected chi connectivity index (χ1v) is 5.09. The lowest BCUT2D eigenvalue weighted by Gasteiger charge is -2.28. The van der Waals surface area contributed by atoms with Gasteiger partial charge in [0.2, 0.25) is 0 Å². The Morgan fingerprint density at radius 3 is 2.71 bits per heavy atom. The molecule has 0 aliphatic carbocycles. The minimum atomic E-state index is 0.380. The average molecular weight is 188 g/mol. The molecule has 2 heteroatoms. The van der Waals surface area contributed by atoms with E-state index in [4.69, 9.17) is 0 Å². The topological polar surface area (TPSA) is 24.4 Å². The van der Waals surface area contributed by atoms with Crippen molar-refractivity contribution in [3.05, 3.63) is 24.3 Å². The molecule has 74 valence electrons. The predicted octanol–water partition coefficient (Wildman–Crippen LogP) is 3.23. The Hall–Kier alpha value is -1.31. The maximum Gasteiger partial charge on any atom is 0.0861 e. The minimum Gasteiger partial charge on any atom is -0.375 e. The fourth-order valence-electron chi connectivity index (χ4n) is 1.87. The average Bonchev–Trinajstić information content (AvgIpc) is 2.16. The maximum absolute atomic E-state index is 4.60. The van der Waals surface area contributed by atoms with Crippen molar-refractivity contribution in [1.29, 1.82) is 0 Å². The van der Waals surface area contributed by atoms with Crippen LogP contribution in [0, 0.1) is 5.92 Å². The van der Waals surface area contributed by atoms with Crippen LogP contribution in [0.3, 0.4) is 0 Å². The van der Waals surface area contributed by atoms with Gasteiger partial charge >= 0.3 is 0 Å². The van der Waals surface area contributed by atoms with Crippen LogP contribution in [0.1, 0.15) is 20.8 Å². The lowest BCUT2D eigenvalue weighted by molar-refractivity contribution is 0.619. The second-order valence-electron chi connectivity index (χ2n) is 4.14. The Labute approximate surface area is 85.1 Å². The van der Waals surface area contributed by atoms with Gasteiger partial charge in [0, 0.05) is 5.71 Å². The zero-order chi connectivity index (χ0) is 10.1. The van der Waals surface area contributed by atoms with Crippen LogP contribution in [0.25, 0.3) is 0 Å². The Morgan fingerprint density at radius 1 is 1.29 bits per heavy atom. The Kier molecular flexibility index (Phi) is 2.28. The highest BCUT2D eigenvalue weighted by Crippen LogP contribution is 2.30. The molecule has 1 aliphatic heterocycles. The van der Waals surface area contributed by atoms with Crippen LogP contribution in [-0.4, -0.2) is 11.8 Å². The van der Waals surface area contributed by atoms with Gasteiger partial charge in [0.05, 0.1) is 17.4 Å². The number of hydrogen-bond acceptors (Lipinski definition) is 2. The monoisotopic (exact) mass is 188 g/mol. The van der Waals surface area contributed by atoms with Crippen molar-refractivity contribution >= 4 is 17.1 Å². The number of para-hydroxylation sites is 2.